The summed E-state index contributed by atoms with van der Waals surface area (Å²) in [5, 5.41) is 16.4. The molecule has 3 rings (SSSR count). The van der Waals surface area contributed by atoms with Crippen LogP contribution in [0, 0.1) is 5.92 Å². The number of hydrogen-bond acceptors (Lipinski definition) is 4. The van der Waals surface area contributed by atoms with E-state index in [9.17, 15) is 9.90 Å². The third kappa shape index (κ3) is 6.13. The Kier molecular flexibility index (Phi) is 8.00. The highest BCUT2D eigenvalue weighted by Crippen LogP contribution is 2.32. The molecule has 140 valence electrons. The molecular formula is C18H26BrClN2O3. The van der Waals surface area contributed by atoms with Gasteiger partial charge in [0.05, 0.1) is 4.47 Å². The van der Waals surface area contributed by atoms with Crippen molar-refractivity contribution < 1.29 is 14.6 Å². The molecule has 0 aromatic heterocycles. The molecule has 2 aliphatic rings. The zero-order valence-corrected chi connectivity index (χ0v) is 16.5. The van der Waals surface area contributed by atoms with Crippen LogP contribution in [0.5, 0.6) is 5.75 Å². The summed E-state index contributed by atoms with van der Waals surface area (Å²) in [6.45, 7) is 0.376. The first-order chi connectivity index (χ1) is 11.6. The lowest BCUT2D eigenvalue weighted by molar-refractivity contribution is -0.122. The summed E-state index contributed by atoms with van der Waals surface area (Å²) in [5.41, 5.74) is 0. The van der Waals surface area contributed by atoms with E-state index in [0.717, 1.165) is 17.3 Å². The minimum Gasteiger partial charge on any atom is -0.490 e. The summed E-state index contributed by atoms with van der Waals surface area (Å²) in [6, 6.07) is 8.70. The van der Waals surface area contributed by atoms with Gasteiger partial charge in [-0.1, -0.05) is 12.1 Å². The highest BCUT2D eigenvalue weighted by molar-refractivity contribution is 9.10. The van der Waals surface area contributed by atoms with Gasteiger partial charge >= 0.3 is 0 Å². The lowest BCUT2D eigenvalue weighted by Crippen LogP contribution is -2.41. The Morgan fingerprint density at radius 2 is 2.00 bits per heavy atom. The van der Waals surface area contributed by atoms with Gasteiger partial charge in [-0.2, -0.15) is 0 Å². The minimum atomic E-state index is -0.717. The van der Waals surface area contributed by atoms with E-state index in [1.807, 2.05) is 24.3 Å². The summed E-state index contributed by atoms with van der Waals surface area (Å²) in [4.78, 5) is 12.1. The van der Waals surface area contributed by atoms with Crippen molar-refractivity contribution in [3.05, 3.63) is 28.7 Å². The fourth-order valence-electron chi connectivity index (χ4n) is 3.71. The molecular weight excluding hydrogens is 408 g/mol. The van der Waals surface area contributed by atoms with Gasteiger partial charge < -0.3 is 20.5 Å². The van der Waals surface area contributed by atoms with Gasteiger partial charge in [-0.15, -0.1) is 12.4 Å². The zero-order valence-electron chi connectivity index (χ0n) is 14.1. The second-order valence-corrected chi connectivity index (χ2v) is 7.73. The Labute approximate surface area is 163 Å². The number of fused-ring (bicyclic) bond motifs is 2. The van der Waals surface area contributed by atoms with Crippen molar-refractivity contribution in [2.24, 2.45) is 5.92 Å². The number of rotatable bonds is 7. The number of hydrogen-bond donors (Lipinski definition) is 3. The van der Waals surface area contributed by atoms with Gasteiger partial charge in [-0.3, -0.25) is 4.79 Å². The molecule has 3 unspecified atom stereocenters. The minimum absolute atomic E-state index is 0. The van der Waals surface area contributed by atoms with Crippen LogP contribution in [-0.2, 0) is 4.79 Å². The van der Waals surface area contributed by atoms with E-state index in [4.69, 9.17) is 4.74 Å². The van der Waals surface area contributed by atoms with E-state index in [-0.39, 0.29) is 31.5 Å². The van der Waals surface area contributed by atoms with Crippen molar-refractivity contribution in [1.29, 1.82) is 0 Å². The largest absolute Gasteiger partial charge is 0.490 e. The molecule has 1 aromatic carbocycles. The topological polar surface area (TPSA) is 70.6 Å². The van der Waals surface area contributed by atoms with Gasteiger partial charge in [0, 0.05) is 25.0 Å². The molecule has 0 radical (unpaired) electrons. The zero-order chi connectivity index (χ0) is 16.9. The smallest absolute Gasteiger partial charge is 0.220 e. The van der Waals surface area contributed by atoms with Crippen LogP contribution in [0.25, 0.3) is 0 Å². The SMILES string of the molecule is Cl.O=C(CC1CC2CCC(C1)N2)NCC(O)COc1ccccc1Br. The second kappa shape index (κ2) is 9.76. The van der Waals surface area contributed by atoms with Crippen LogP contribution < -0.4 is 15.4 Å². The number of aliphatic hydroxyl groups excluding tert-OH is 1. The molecule has 0 saturated carbocycles. The molecule has 25 heavy (non-hydrogen) atoms. The van der Waals surface area contributed by atoms with Gasteiger partial charge in [0.15, 0.2) is 0 Å². The quantitative estimate of drug-likeness (QED) is 0.618. The summed E-state index contributed by atoms with van der Waals surface area (Å²) in [6.07, 6.45) is 4.52. The van der Waals surface area contributed by atoms with Crippen LogP contribution in [0.2, 0.25) is 0 Å². The Morgan fingerprint density at radius 3 is 2.68 bits per heavy atom. The lowest BCUT2D eigenvalue weighted by Gasteiger charge is -2.28. The first kappa shape index (κ1) is 20.5. The molecule has 0 aliphatic carbocycles. The van der Waals surface area contributed by atoms with Gasteiger partial charge in [-0.05, 0) is 59.7 Å². The maximum absolute atomic E-state index is 12.1. The molecule has 7 heteroatoms. The summed E-state index contributed by atoms with van der Waals surface area (Å²) < 4.78 is 6.41. The average Bonchev–Trinajstić information content (AvgIpc) is 2.91. The summed E-state index contributed by atoms with van der Waals surface area (Å²) in [5.74, 6) is 1.19. The van der Waals surface area contributed by atoms with Crippen molar-refractivity contribution in [2.75, 3.05) is 13.2 Å². The first-order valence-corrected chi connectivity index (χ1v) is 9.47. The van der Waals surface area contributed by atoms with Crippen LogP contribution in [0.3, 0.4) is 0 Å². The van der Waals surface area contributed by atoms with Crippen LogP contribution in [0.1, 0.15) is 32.1 Å². The van der Waals surface area contributed by atoms with Gasteiger partial charge in [0.1, 0.15) is 18.5 Å². The molecule has 2 saturated heterocycles. The molecule has 1 amide bonds. The van der Waals surface area contributed by atoms with Gasteiger partial charge in [0.2, 0.25) is 5.91 Å². The van der Waals surface area contributed by atoms with Crippen molar-refractivity contribution >= 4 is 34.2 Å². The number of benzene rings is 1. The lowest BCUT2D eigenvalue weighted by atomic mass is 9.89. The molecule has 3 atom stereocenters. The maximum Gasteiger partial charge on any atom is 0.220 e. The monoisotopic (exact) mass is 432 g/mol. The number of ether oxygens (including phenoxy) is 1. The van der Waals surface area contributed by atoms with Crippen LogP contribution >= 0.6 is 28.3 Å². The second-order valence-electron chi connectivity index (χ2n) is 6.88. The number of aliphatic hydroxyl groups is 1. The highest BCUT2D eigenvalue weighted by Gasteiger charge is 2.34. The van der Waals surface area contributed by atoms with E-state index in [0.29, 0.717) is 30.2 Å². The van der Waals surface area contributed by atoms with Crippen molar-refractivity contribution in [1.82, 2.24) is 10.6 Å². The van der Waals surface area contributed by atoms with E-state index < -0.39 is 6.10 Å². The van der Waals surface area contributed by atoms with Crippen molar-refractivity contribution in [3.63, 3.8) is 0 Å². The Hall–Kier alpha value is -0.820. The van der Waals surface area contributed by atoms with Gasteiger partial charge in [0.25, 0.3) is 0 Å². The summed E-state index contributed by atoms with van der Waals surface area (Å²) in [7, 11) is 0. The maximum atomic E-state index is 12.1. The normalized spacial score (nSPS) is 25.8. The van der Waals surface area contributed by atoms with Crippen LogP contribution in [0.4, 0.5) is 0 Å². The molecule has 2 heterocycles. The Balaban J connectivity index is 0.00000225. The standard InChI is InChI=1S/C18H25BrN2O3.ClH/c19-16-3-1-2-4-17(16)24-11-15(22)10-20-18(23)9-12-7-13-5-6-14(8-12)21-13;/h1-4,12-15,21-22H,5-11H2,(H,20,23);1H. The number of carbonyl (C=O) groups excluding carboxylic acids is 1. The number of amides is 1. The summed E-state index contributed by atoms with van der Waals surface area (Å²) >= 11 is 3.40. The fraction of sp³-hybridized carbons (Fsp3) is 0.611. The number of para-hydroxylation sites is 1. The van der Waals surface area contributed by atoms with E-state index in [2.05, 4.69) is 26.6 Å². The Morgan fingerprint density at radius 1 is 1.32 bits per heavy atom. The number of halogens is 2. The predicted molar refractivity (Wildman–Crippen MR) is 103 cm³/mol. The molecule has 5 nitrogen and oxygen atoms in total. The van der Waals surface area contributed by atoms with E-state index in [1.165, 1.54) is 12.8 Å². The number of nitrogens with one attached hydrogen (secondary N) is 2. The van der Waals surface area contributed by atoms with Gasteiger partial charge in [-0.25, -0.2) is 0 Å². The predicted octanol–water partition coefficient (Wildman–Crippen LogP) is 2.65. The van der Waals surface area contributed by atoms with Crippen LogP contribution in [0.15, 0.2) is 28.7 Å². The van der Waals surface area contributed by atoms with Crippen molar-refractivity contribution in [3.8, 4) is 5.75 Å². The highest BCUT2D eigenvalue weighted by atomic mass is 79.9. The fourth-order valence-corrected chi connectivity index (χ4v) is 4.11. The average molecular weight is 434 g/mol. The molecule has 2 fully saturated rings. The molecule has 3 N–H and O–H groups in total. The molecule has 1 aromatic rings. The third-order valence-electron chi connectivity index (χ3n) is 4.85. The van der Waals surface area contributed by atoms with E-state index in [1.54, 1.807) is 0 Å². The van der Waals surface area contributed by atoms with E-state index >= 15 is 0 Å². The number of piperidine rings is 1. The molecule has 2 aliphatic heterocycles. The third-order valence-corrected chi connectivity index (χ3v) is 5.50. The van der Waals surface area contributed by atoms with Crippen LogP contribution in [-0.4, -0.2) is 42.4 Å². The number of carbonyl (C=O) groups is 1. The Bertz CT molecular complexity index is 563. The molecule has 0 spiro atoms. The van der Waals surface area contributed by atoms with Crippen molar-refractivity contribution in [2.45, 2.75) is 50.3 Å². The molecule has 2 bridgehead atoms. The first-order valence-electron chi connectivity index (χ1n) is 8.68.